The molecule has 0 fully saturated rings. The van der Waals surface area contributed by atoms with E-state index in [1.54, 1.807) is 6.20 Å². The molecule has 0 bridgehead atoms. The predicted molar refractivity (Wildman–Crippen MR) is 81.9 cm³/mol. The maximum atomic E-state index is 11.5. The normalized spacial score (nSPS) is 11.2. The molecule has 0 unspecified atom stereocenters. The van der Waals surface area contributed by atoms with E-state index >= 15 is 0 Å². The van der Waals surface area contributed by atoms with Crippen LogP contribution in [-0.4, -0.2) is 29.6 Å². The topological polar surface area (TPSA) is 86.3 Å². The van der Waals surface area contributed by atoms with E-state index in [2.05, 4.69) is 20.8 Å². The fourth-order valence-electron chi connectivity index (χ4n) is 1.79. The lowest BCUT2D eigenvalue weighted by molar-refractivity contribution is -0.139. The Hall–Kier alpha value is -2.63. The van der Waals surface area contributed by atoms with Gasteiger partial charge in [0.15, 0.2) is 0 Å². The number of hydrogen-bond acceptors (Lipinski definition) is 3. The number of para-hydroxylation sites is 1. The summed E-state index contributed by atoms with van der Waals surface area (Å²) in [5.41, 5.74) is 4.04. The molecule has 2 amide bonds. The van der Waals surface area contributed by atoms with E-state index in [1.165, 1.54) is 6.21 Å². The molecule has 2 rings (SSSR count). The third kappa shape index (κ3) is 3.92. The van der Waals surface area contributed by atoms with Gasteiger partial charge in [0.1, 0.15) is 0 Å². The van der Waals surface area contributed by atoms with Gasteiger partial charge in [0.05, 0.1) is 6.21 Å². The average Bonchev–Trinajstić information content (AvgIpc) is 2.88. The molecular formula is C15H18N4O2. The van der Waals surface area contributed by atoms with E-state index in [-0.39, 0.29) is 5.92 Å². The van der Waals surface area contributed by atoms with Gasteiger partial charge in [-0.25, -0.2) is 5.43 Å². The molecule has 3 N–H and O–H groups in total. The van der Waals surface area contributed by atoms with Crippen molar-refractivity contribution in [3.8, 4) is 0 Å². The number of aromatic nitrogens is 1. The number of rotatable bonds is 4. The van der Waals surface area contributed by atoms with E-state index in [9.17, 15) is 9.59 Å². The first-order chi connectivity index (χ1) is 10.1. The summed E-state index contributed by atoms with van der Waals surface area (Å²) in [7, 11) is 0. The smallest absolute Gasteiger partial charge is 0.329 e. The van der Waals surface area contributed by atoms with Crippen LogP contribution in [0.15, 0.2) is 35.6 Å². The first kappa shape index (κ1) is 14.8. The number of nitrogens with zero attached hydrogens (tertiary/aromatic N) is 1. The van der Waals surface area contributed by atoms with Crippen LogP contribution in [0.5, 0.6) is 0 Å². The quantitative estimate of drug-likeness (QED) is 0.450. The minimum absolute atomic E-state index is 0.288. The molecule has 21 heavy (non-hydrogen) atoms. The molecule has 0 aliphatic heterocycles. The molecule has 6 heteroatoms. The molecule has 2 aromatic rings. The number of benzene rings is 1. The Morgan fingerprint density at radius 1 is 1.29 bits per heavy atom. The first-order valence-electron chi connectivity index (χ1n) is 6.75. The fourth-order valence-corrected chi connectivity index (χ4v) is 1.79. The van der Waals surface area contributed by atoms with Crippen LogP contribution in [0.1, 0.15) is 19.4 Å². The summed E-state index contributed by atoms with van der Waals surface area (Å²) in [6, 6.07) is 7.75. The summed E-state index contributed by atoms with van der Waals surface area (Å²) >= 11 is 0. The van der Waals surface area contributed by atoms with Crippen molar-refractivity contribution in [2.24, 2.45) is 11.0 Å². The number of fused-ring (bicyclic) bond motifs is 1. The minimum Gasteiger partial charge on any atom is -0.361 e. The second-order valence-electron chi connectivity index (χ2n) is 5.09. The standard InChI is InChI=1S/C15H18N4O2/c1-10(2)7-17-14(20)15(21)19-18-9-11-8-16-13-6-4-3-5-12(11)13/h3-6,8-10,16H,7H2,1-2H3,(H,17,20)(H,19,21)/b18-9+. The lowest BCUT2D eigenvalue weighted by Crippen LogP contribution is -2.39. The lowest BCUT2D eigenvalue weighted by Gasteiger charge is -2.05. The second-order valence-corrected chi connectivity index (χ2v) is 5.09. The zero-order valence-corrected chi connectivity index (χ0v) is 12.0. The number of H-pyrrole nitrogens is 1. The maximum absolute atomic E-state index is 11.5. The largest absolute Gasteiger partial charge is 0.361 e. The molecule has 6 nitrogen and oxygen atoms in total. The van der Waals surface area contributed by atoms with Crippen LogP contribution in [0.25, 0.3) is 10.9 Å². The van der Waals surface area contributed by atoms with Crippen LogP contribution in [0, 0.1) is 5.92 Å². The van der Waals surface area contributed by atoms with Gasteiger partial charge < -0.3 is 10.3 Å². The van der Waals surface area contributed by atoms with Crippen molar-refractivity contribution in [2.75, 3.05) is 6.54 Å². The van der Waals surface area contributed by atoms with Crippen molar-refractivity contribution in [3.05, 3.63) is 36.0 Å². The number of hydrazone groups is 1. The summed E-state index contributed by atoms with van der Waals surface area (Å²) in [6.07, 6.45) is 3.30. The molecule has 1 heterocycles. The molecule has 1 aromatic heterocycles. The maximum Gasteiger partial charge on any atom is 0.329 e. The number of amides is 2. The van der Waals surface area contributed by atoms with Gasteiger partial charge in [-0.1, -0.05) is 32.0 Å². The lowest BCUT2D eigenvalue weighted by atomic mass is 10.2. The summed E-state index contributed by atoms with van der Waals surface area (Å²) in [5, 5.41) is 7.33. The van der Waals surface area contributed by atoms with E-state index in [1.807, 2.05) is 38.1 Å². The van der Waals surface area contributed by atoms with Crippen molar-refractivity contribution < 1.29 is 9.59 Å². The number of nitrogens with one attached hydrogen (secondary N) is 3. The summed E-state index contributed by atoms with van der Waals surface area (Å²) < 4.78 is 0. The molecule has 0 spiro atoms. The van der Waals surface area contributed by atoms with Gasteiger partial charge in [0.25, 0.3) is 0 Å². The van der Waals surface area contributed by atoms with Crippen LogP contribution in [0.4, 0.5) is 0 Å². The highest BCUT2D eigenvalue weighted by atomic mass is 16.2. The summed E-state index contributed by atoms with van der Waals surface area (Å²) in [5.74, 6) is -1.16. The van der Waals surface area contributed by atoms with Crippen molar-refractivity contribution in [3.63, 3.8) is 0 Å². The Balaban J connectivity index is 1.93. The molecule has 0 aliphatic carbocycles. The summed E-state index contributed by atoms with van der Waals surface area (Å²) in [6.45, 7) is 4.36. The third-order valence-electron chi connectivity index (χ3n) is 2.87. The minimum atomic E-state index is -0.772. The van der Waals surface area contributed by atoms with Gasteiger partial charge in [0.2, 0.25) is 0 Å². The molecular weight excluding hydrogens is 268 g/mol. The Morgan fingerprint density at radius 3 is 2.81 bits per heavy atom. The van der Waals surface area contributed by atoms with Crippen molar-refractivity contribution >= 4 is 28.9 Å². The zero-order valence-electron chi connectivity index (χ0n) is 12.0. The van der Waals surface area contributed by atoms with E-state index < -0.39 is 11.8 Å². The predicted octanol–water partition coefficient (Wildman–Crippen LogP) is 1.39. The molecule has 0 atom stereocenters. The van der Waals surface area contributed by atoms with Crippen LogP contribution < -0.4 is 10.7 Å². The highest BCUT2D eigenvalue weighted by Crippen LogP contribution is 2.15. The molecule has 110 valence electrons. The van der Waals surface area contributed by atoms with Crippen LogP contribution in [0.3, 0.4) is 0 Å². The van der Waals surface area contributed by atoms with E-state index in [0.29, 0.717) is 6.54 Å². The number of carbonyl (C=O) groups excluding carboxylic acids is 2. The number of hydrogen-bond donors (Lipinski definition) is 3. The Bertz CT molecular complexity index is 673. The highest BCUT2D eigenvalue weighted by Gasteiger charge is 2.12. The molecule has 0 aliphatic rings. The van der Waals surface area contributed by atoms with Crippen LogP contribution in [0.2, 0.25) is 0 Å². The molecule has 1 aromatic carbocycles. The van der Waals surface area contributed by atoms with E-state index in [0.717, 1.165) is 16.5 Å². The first-order valence-corrected chi connectivity index (χ1v) is 6.75. The Labute approximate surface area is 122 Å². The highest BCUT2D eigenvalue weighted by molar-refractivity contribution is 6.35. The molecule has 0 saturated carbocycles. The van der Waals surface area contributed by atoms with Gasteiger partial charge >= 0.3 is 11.8 Å². The number of aromatic amines is 1. The van der Waals surface area contributed by atoms with Crippen molar-refractivity contribution in [2.45, 2.75) is 13.8 Å². The molecule has 0 saturated heterocycles. The number of carbonyl (C=O) groups is 2. The van der Waals surface area contributed by atoms with Gasteiger partial charge in [-0.2, -0.15) is 5.10 Å². The van der Waals surface area contributed by atoms with Gasteiger partial charge in [-0.3, -0.25) is 9.59 Å². The Kier molecular flexibility index (Phi) is 4.71. The third-order valence-corrected chi connectivity index (χ3v) is 2.87. The fraction of sp³-hybridized carbons (Fsp3) is 0.267. The van der Waals surface area contributed by atoms with Gasteiger partial charge in [0, 0.05) is 29.2 Å². The van der Waals surface area contributed by atoms with Crippen molar-refractivity contribution in [1.29, 1.82) is 0 Å². The van der Waals surface area contributed by atoms with Gasteiger partial charge in [-0.05, 0) is 12.0 Å². The van der Waals surface area contributed by atoms with E-state index in [4.69, 9.17) is 0 Å². The SMILES string of the molecule is CC(C)CNC(=O)C(=O)N/N=C/c1c[nH]c2ccccc12. The van der Waals surface area contributed by atoms with Crippen LogP contribution in [-0.2, 0) is 9.59 Å². The zero-order chi connectivity index (χ0) is 15.2. The second kappa shape index (κ2) is 6.69. The van der Waals surface area contributed by atoms with Crippen molar-refractivity contribution in [1.82, 2.24) is 15.7 Å². The van der Waals surface area contributed by atoms with Crippen LogP contribution >= 0.6 is 0 Å². The Morgan fingerprint density at radius 2 is 2.05 bits per heavy atom. The molecule has 0 radical (unpaired) electrons. The van der Waals surface area contributed by atoms with Gasteiger partial charge in [-0.15, -0.1) is 0 Å². The average molecular weight is 286 g/mol. The monoisotopic (exact) mass is 286 g/mol. The summed E-state index contributed by atoms with van der Waals surface area (Å²) in [4.78, 5) is 26.1.